The highest BCUT2D eigenvalue weighted by Crippen LogP contribution is 2.10. The fourth-order valence-corrected chi connectivity index (χ4v) is 1.69. The monoisotopic (exact) mass is 253 g/mol. The molecule has 1 amide bonds. The lowest BCUT2D eigenvalue weighted by Crippen LogP contribution is -2.43. The Labute approximate surface area is 106 Å². The van der Waals surface area contributed by atoms with Crippen molar-refractivity contribution < 1.29 is 9.90 Å². The van der Waals surface area contributed by atoms with Crippen LogP contribution in [0.4, 0.5) is 0 Å². The number of aliphatic hydroxyl groups excluding tert-OH is 1. The smallest absolute Gasteiger partial charge is 0.275 e. The molecule has 7 nitrogen and oxygen atoms in total. The second-order valence-electron chi connectivity index (χ2n) is 4.76. The Morgan fingerprint density at radius 3 is 3.00 bits per heavy atom. The van der Waals surface area contributed by atoms with Crippen molar-refractivity contribution in [1.82, 2.24) is 25.2 Å². The lowest BCUT2D eigenvalue weighted by Gasteiger charge is -2.26. The summed E-state index contributed by atoms with van der Waals surface area (Å²) >= 11 is 0. The molecule has 0 spiro atoms. The van der Waals surface area contributed by atoms with E-state index in [1.807, 2.05) is 0 Å². The number of nitrogens with one attached hydrogen (secondary N) is 1. The maximum absolute atomic E-state index is 12.0. The molecule has 0 aliphatic carbocycles. The minimum Gasteiger partial charge on any atom is -0.393 e. The highest BCUT2D eigenvalue weighted by atomic mass is 16.3. The summed E-state index contributed by atoms with van der Waals surface area (Å²) in [5.41, 5.74) is 0.356. The average molecular weight is 253 g/mol. The van der Waals surface area contributed by atoms with E-state index in [2.05, 4.69) is 15.6 Å². The number of rotatable bonds is 5. The van der Waals surface area contributed by atoms with Gasteiger partial charge in [-0.2, -0.15) is 0 Å². The molecule has 2 heterocycles. The number of carbonyl (C=O) groups is 1. The van der Waals surface area contributed by atoms with Crippen molar-refractivity contribution >= 4 is 5.91 Å². The Morgan fingerprint density at radius 1 is 1.72 bits per heavy atom. The van der Waals surface area contributed by atoms with Gasteiger partial charge in [0, 0.05) is 26.7 Å². The number of nitrogens with zero attached hydrogens (tertiary/aromatic N) is 4. The van der Waals surface area contributed by atoms with Crippen LogP contribution in [-0.2, 0) is 0 Å². The average Bonchev–Trinajstić information content (AvgIpc) is 2.71. The number of amides is 1. The Morgan fingerprint density at radius 2 is 2.44 bits per heavy atom. The predicted molar refractivity (Wildman–Crippen MR) is 65.2 cm³/mol. The van der Waals surface area contributed by atoms with E-state index in [0.717, 1.165) is 13.1 Å². The predicted octanol–water partition coefficient (Wildman–Crippen LogP) is -0.735. The molecule has 1 unspecified atom stereocenters. The summed E-state index contributed by atoms with van der Waals surface area (Å²) in [4.78, 5) is 13.6. The van der Waals surface area contributed by atoms with E-state index in [-0.39, 0.29) is 5.91 Å². The maximum atomic E-state index is 12.0. The van der Waals surface area contributed by atoms with Crippen molar-refractivity contribution in [2.24, 2.45) is 0 Å². The zero-order valence-corrected chi connectivity index (χ0v) is 10.7. The topological polar surface area (TPSA) is 83.3 Å². The van der Waals surface area contributed by atoms with Gasteiger partial charge in [-0.15, -0.1) is 5.10 Å². The van der Waals surface area contributed by atoms with Crippen LogP contribution < -0.4 is 5.32 Å². The molecule has 2 rings (SSSR count). The molecule has 0 radical (unpaired) electrons. The Balaban J connectivity index is 1.93. The van der Waals surface area contributed by atoms with Gasteiger partial charge in [0.25, 0.3) is 5.91 Å². The van der Waals surface area contributed by atoms with Crippen molar-refractivity contribution in [3.05, 3.63) is 11.9 Å². The Bertz CT molecular complexity index is 413. The number of hydrogen-bond donors (Lipinski definition) is 2. The Hall–Kier alpha value is -1.47. The first-order valence-corrected chi connectivity index (χ1v) is 6.14. The van der Waals surface area contributed by atoms with Gasteiger partial charge >= 0.3 is 0 Å². The highest BCUT2D eigenvalue weighted by Gasteiger charge is 2.22. The maximum Gasteiger partial charge on any atom is 0.275 e. The summed E-state index contributed by atoms with van der Waals surface area (Å²) in [6, 6.07) is 0.307. The van der Waals surface area contributed by atoms with Crippen LogP contribution in [0.5, 0.6) is 0 Å². The fraction of sp³-hybridized carbons (Fsp3) is 0.727. The zero-order valence-electron chi connectivity index (χ0n) is 10.7. The number of aliphatic hydroxyl groups is 1. The number of carbonyl (C=O) groups excluding carboxylic acids is 1. The van der Waals surface area contributed by atoms with Gasteiger partial charge < -0.3 is 15.3 Å². The third kappa shape index (κ3) is 2.85. The number of aromatic nitrogens is 3. The molecular formula is C11H19N5O2. The van der Waals surface area contributed by atoms with Crippen molar-refractivity contribution in [2.75, 3.05) is 26.7 Å². The third-order valence-corrected chi connectivity index (χ3v) is 3.09. The van der Waals surface area contributed by atoms with Gasteiger partial charge in [-0.05, 0) is 13.3 Å². The van der Waals surface area contributed by atoms with E-state index in [1.54, 1.807) is 29.7 Å². The Kier molecular flexibility index (Phi) is 3.93. The molecule has 1 aliphatic heterocycles. The van der Waals surface area contributed by atoms with Crippen LogP contribution in [0.3, 0.4) is 0 Å². The lowest BCUT2D eigenvalue weighted by atomic mass is 10.2. The molecule has 1 aromatic rings. The summed E-state index contributed by atoms with van der Waals surface area (Å²) < 4.78 is 1.73. The summed E-state index contributed by atoms with van der Waals surface area (Å²) in [5.74, 6) is -0.158. The van der Waals surface area contributed by atoms with Crippen LogP contribution in [0.15, 0.2) is 6.20 Å². The van der Waals surface area contributed by atoms with Crippen molar-refractivity contribution in [3.8, 4) is 0 Å². The van der Waals surface area contributed by atoms with E-state index >= 15 is 0 Å². The van der Waals surface area contributed by atoms with Gasteiger partial charge in [-0.25, -0.2) is 4.68 Å². The molecular weight excluding hydrogens is 234 g/mol. The highest BCUT2D eigenvalue weighted by molar-refractivity contribution is 5.91. The quantitative estimate of drug-likeness (QED) is 0.722. The van der Waals surface area contributed by atoms with Crippen molar-refractivity contribution in [1.29, 1.82) is 0 Å². The van der Waals surface area contributed by atoms with Crippen molar-refractivity contribution in [2.45, 2.75) is 25.5 Å². The van der Waals surface area contributed by atoms with Gasteiger partial charge in [0.2, 0.25) is 0 Å². The van der Waals surface area contributed by atoms with Crippen LogP contribution in [-0.4, -0.2) is 63.7 Å². The van der Waals surface area contributed by atoms with Crippen LogP contribution in [0.1, 0.15) is 29.9 Å². The zero-order chi connectivity index (χ0) is 13.1. The summed E-state index contributed by atoms with van der Waals surface area (Å²) in [7, 11) is 1.70. The second kappa shape index (κ2) is 5.45. The van der Waals surface area contributed by atoms with Crippen LogP contribution >= 0.6 is 0 Å². The molecule has 0 aromatic carbocycles. The first-order chi connectivity index (χ1) is 8.58. The lowest BCUT2D eigenvalue weighted by molar-refractivity contribution is 0.0763. The molecule has 1 fully saturated rings. The SMILES string of the molecule is CC(O)CCN(C)C(=O)c1cn(C2CNC2)nn1. The van der Waals surface area contributed by atoms with E-state index in [0.29, 0.717) is 24.7 Å². The van der Waals surface area contributed by atoms with Gasteiger partial charge in [0.05, 0.1) is 18.3 Å². The van der Waals surface area contributed by atoms with Crippen LogP contribution in [0, 0.1) is 0 Å². The second-order valence-corrected chi connectivity index (χ2v) is 4.76. The molecule has 0 bridgehead atoms. The minimum absolute atomic E-state index is 0.158. The molecule has 1 atom stereocenters. The molecule has 2 N–H and O–H groups in total. The molecule has 1 aromatic heterocycles. The van der Waals surface area contributed by atoms with Gasteiger partial charge in [0.15, 0.2) is 5.69 Å². The van der Waals surface area contributed by atoms with E-state index in [1.165, 1.54) is 0 Å². The standard InChI is InChI=1S/C11H19N5O2/c1-8(17)3-4-15(2)11(18)10-7-16(14-13-10)9-5-12-6-9/h7-9,12,17H,3-6H2,1-2H3. The van der Waals surface area contributed by atoms with E-state index in [4.69, 9.17) is 0 Å². The summed E-state index contributed by atoms with van der Waals surface area (Å²) in [5, 5.41) is 20.2. The summed E-state index contributed by atoms with van der Waals surface area (Å²) in [6.45, 7) is 3.95. The minimum atomic E-state index is -0.406. The van der Waals surface area contributed by atoms with Gasteiger partial charge in [0.1, 0.15) is 0 Å². The van der Waals surface area contributed by atoms with Crippen molar-refractivity contribution in [3.63, 3.8) is 0 Å². The fourth-order valence-electron chi connectivity index (χ4n) is 1.69. The molecule has 1 saturated heterocycles. The molecule has 100 valence electrons. The first-order valence-electron chi connectivity index (χ1n) is 6.14. The first kappa shape index (κ1) is 13.0. The van der Waals surface area contributed by atoms with Crippen LogP contribution in [0.2, 0.25) is 0 Å². The number of hydrogen-bond acceptors (Lipinski definition) is 5. The summed E-state index contributed by atoms with van der Waals surface area (Å²) in [6.07, 6.45) is 1.84. The normalized spacial score (nSPS) is 17.3. The van der Waals surface area contributed by atoms with Gasteiger partial charge in [-0.3, -0.25) is 4.79 Å². The molecule has 7 heteroatoms. The third-order valence-electron chi connectivity index (χ3n) is 3.09. The van der Waals surface area contributed by atoms with Gasteiger partial charge in [-0.1, -0.05) is 5.21 Å². The van der Waals surface area contributed by atoms with Crippen LogP contribution in [0.25, 0.3) is 0 Å². The molecule has 0 saturated carbocycles. The molecule has 18 heavy (non-hydrogen) atoms. The molecule has 1 aliphatic rings. The van der Waals surface area contributed by atoms with E-state index < -0.39 is 6.10 Å². The van der Waals surface area contributed by atoms with E-state index in [9.17, 15) is 9.90 Å². The largest absolute Gasteiger partial charge is 0.393 e.